The number of carbonyl (C=O) groups excluding carboxylic acids is 2. The molecule has 0 atom stereocenters. The summed E-state index contributed by atoms with van der Waals surface area (Å²) in [5.41, 5.74) is 2.31. The van der Waals surface area contributed by atoms with Gasteiger partial charge in [-0.2, -0.15) is 0 Å². The zero-order valence-corrected chi connectivity index (χ0v) is 18.9. The average Bonchev–Trinajstić information content (AvgIpc) is 2.78. The Morgan fingerprint density at radius 3 is 2.44 bits per heavy atom. The maximum atomic E-state index is 12.5. The highest BCUT2D eigenvalue weighted by Gasteiger charge is 2.14. The second kappa shape index (κ2) is 11.2. The molecule has 0 fully saturated rings. The van der Waals surface area contributed by atoms with Crippen LogP contribution in [0.25, 0.3) is 22.3 Å². The zero-order valence-electron chi connectivity index (χ0n) is 18.9. The SMILES string of the molecule is CCOC(=O)CCCCCC(=O)Nc1ccccc1-c1nc(N(C)C)c2ccccc2n1. The third-order valence-corrected chi connectivity index (χ3v) is 5.04. The van der Waals surface area contributed by atoms with E-state index in [0.29, 0.717) is 37.4 Å². The van der Waals surface area contributed by atoms with Crippen LogP contribution in [0, 0.1) is 0 Å². The predicted molar refractivity (Wildman–Crippen MR) is 128 cm³/mol. The quantitative estimate of drug-likeness (QED) is 0.364. The van der Waals surface area contributed by atoms with E-state index in [0.717, 1.165) is 35.1 Å². The number of aromatic nitrogens is 2. The molecule has 1 aromatic heterocycles. The molecule has 32 heavy (non-hydrogen) atoms. The summed E-state index contributed by atoms with van der Waals surface area (Å²) in [5, 5.41) is 3.98. The summed E-state index contributed by atoms with van der Waals surface area (Å²) in [5.74, 6) is 1.15. The van der Waals surface area contributed by atoms with Crippen LogP contribution in [-0.2, 0) is 14.3 Å². The molecule has 1 amide bonds. The number of para-hydroxylation sites is 2. The van der Waals surface area contributed by atoms with Crippen LogP contribution in [0.5, 0.6) is 0 Å². The zero-order chi connectivity index (χ0) is 22.9. The minimum Gasteiger partial charge on any atom is -0.466 e. The number of esters is 1. The lowest BCUT2D eigenvalue weighted by Gasteiger charge is -2.16. The Labute approximate surface area is 188 Å². The fourth-order valence-corrected chi connectivity index (χ4v) is 3.49. The lowest BCUT2D eigenvalue weighted by molar-refractivity contribution is -0.143. The highest BCUT2D eigenvalue weighted by molar-refractivity contribution is 5.96. The van der Waals surface area contributed by atoms with Crippen molar-refractivity contribution in [2.24, 2.45) is 0 Å². The number of nitrogens with zero attached hydrogens (tertiary/aromatic N) is 3. The van der Waals surface area contributed by atoms with Crippen LogP contribution in [0.1, 0.15) is 39.0 Å². The second-order valence-electron chi connectivity index (χ2n) is 7.74. The molecule has 1 heterocycles. The van der Waals surface area contributed by atoms with Gasteiger partial charge in [-0.25, -0.2) is 9.97 Å². The molecule has 2 aromatic carbocycles. The molecule has 0 saturated heterocycles. The molecule has 0 aliphatic rings. The Kier molecular flexibility index (Phi) is 8.14. The van der Waals surface area contributed by atoms with Crippen LogP contribution >= 0.6 is 0 Å². The van der Waals surface area contributed by atoms with Crippen LogP contribution < -0.4 is 10.2 Å². The number of nitrogens with one attached hydrogen (secondary N) is 1. The number of anilines is 2. The van der Waals surface area contributed by atoms with Gasteiger partial charge in [0, 0.05) is 37.9 Å². The fraction of sp³-hybridized carbons (Fsp3) is 0.360. The molecule has 0 unspecified atom stereocenters. The summed E-state index contributed by atoms with van der Waals surface area (Å²) < 4.78 is 4.92. The normalized spacial score (nSPS) is 10.7. The van der Waals surface area contributed by atoms with Gasteiger partial charge in [0.1, 0.15) is 5.82 Å². The topological polar surface area (TPSA) is 84.4 Å². The van der Waals surface area contributed by atoms with E-state index in [-0.39, 0.29) is 11.9 Å². The third-order valence-electron chi connectivity index (χ3n) is 5.04. The molecule has 3 rings (SSSR count). The van der Waals surface area contributed by atoms with Crippen molar-refractivity contribution in [2.45, 2.75) is 39.0 Å². The van der Waals surface area contributed by atoms with Gasteiger partial charge in [0.05, 0.1) is 17.8 Å². The summed E-state index contributed by atoms with van der Waals surface area (Å²) in [7, 11) is 3.91. The van der Waals surface area contributed by atoms with E-state index < -0.39 is 0 Å². The first-order valence-corrected chi connectivity index (χ1v) is 11.0. The van der Waals surface area contributed by atoms with Gasteiger partial charge < -0.3 is 15.0 Å². The number of benzene rings is 2. The van der Waals surface area contributed by atoms with Crippen molar-refractivity contribution < 1.29 is 14.3 Å². The van der Waals surface area contributed by atoms with Crippen LogP contribution in [0.3, 0.4) is 0 Å². The molecular weight excluding hydrogens is 404 g/mol. The van der Waals surface area contributed by atoms with Gasteiger partial charge >= 0.3 is 5.97 Å². The number of ether oxygens (including phenoxy) is 1. The number of carbonyl (C=O) groups is 2. The summed E-state index contributed by atoms with van der Waals surface area (Å²) in [6, 6.07) is 15.5. The molecule has 7 nitrogen and oxygen atoms in total. The predicted octanol–water partition coefficient (Wildman–Crippen LogP) is 4.81. The van der Waals surface area contributed by atoms with Crippen molar-refractivity contribution in [1.82, 2.24) is 9.97 Å². The minimum absolute atomic E-state index is 0.0674. The van der Waals surface area contributed by atoms with E-state index >= 15 is 0 Å². The Hall–Kier alpha value is -3.48. The summed E-state index contributed by atoms with van der Waals surface area (Å²) in [6.07, 6.45) is 3.02. The molecule has 3 aromatic rings. The third kappa shape index (κ3) is 6.03. The average molecular weight is 435 g/mol. The Bertz CT molecular complexity index is 1080. The van der Waals surface area contributed by atoms with Crippen LogP contribution in [0.2, 0.25) is 0 Å². The van der Waals surface area contributed by atoms with Gasteiger partial charge in [0.15, 0.2) is 5.82 Å². The summed E-state index contributed by atoms with van der Waals surface area (Å²) >= 11 is 0. The van der Waals surface area contributed by atoms with Gasteiger partial charge in [0.2, 0.25) is 5.91 Å². The first kappa shape index (κ1) is 23.2. The van der Waals surface area contributed by atoms with Gasteiger partial charge in [-0.1, -0.05) is 30.7 Å². The van der Waals surface area contributed by atoms with E-state index in [1.807, 2.05) is 67.5 Å². The van der Waals surface area contributed by atoms with E-state index in [9.17, 15) is 9.59 Å². The Balaban J connectivity index is 1.70. The standard InChI is InChI=1S/C25H30N4O3/c1-4-32-23(31)17-7-5-6-16-22(30)26-20-14-10-8-12-18(20)24-27-21-15-11-9-13-19(21)25(28-24)29(2)3/h8-15H,4-7,16-17H2,1-3H3,(H,26,30). The van der Waals surface area contributed by atoms with Crippen molar-refractivity contribution in [3.63, 3.8) is 0 Å². The van der Waals surface area contributed by atoms with E-state index in [4.69, 9.17) is 14.7 Å². The smallest absolute Gasteiger partial charge is 0.305 e. The Morgan fingerprint density at radius 1 is 0.938 bits per heavy atom. The number of hydrogen-bond acceptors (Lipinski definition) is 6. The van der Waals surface area contributed by atoms with E-state index in [1.54, 1.807) is 6.92 Å². The highest BCUT2D eigenvalue weighted by Crippen LogP contribution is 2.30. The number of fused-ring (bicyclic) bond motifs is 1. The number of amides is 1. The lowest BCUT2D eigenvalue weighted by atomic mass is 10.1. The number of rotatable bonds is 10. The van der Waals surface area contributed by atoms with Crippen LogP contribution in [-0.4, -0.2) is 42.5 Å². The van der Waals surface area contributed by atoms with E-state index in [2.05, 4.69) is 5.32 Å². The largest absolute Gasteiger partial charge is 0.466 e. The van der Waals surface area contributed by atoms with Gasteiger partial charge in [-0.15, -0.1) is 0 Å². The first-order valence-electron chi connectivity index (χ1n) is 11.0. The molecule has 0 spiro atoms. The molecule has 0 bridgehead atoms. The second-order valence-corrected chi connectivity index (χ2v) is 7.74. The Morgan fingerprint density at radius 2 is 1.66 bits per heavy atom. The van der Waals surface area contributed by atoms with Gasteiger partial charge in [-0.3, -0.25) is 9.59 Å². The molecule has 0 aliphatic heterocycles. The molecule has 0 aliphatic carbocycles. The van der Waals surface area contributed by atoms with Crippen molar-refractivity contribution in [3.05, 3.63) is 48.5 Å². The highest BCUT2D eigenvalue weighted by atomic mass is 16.5. The molecule has 7 heteroatoms. The molecule has 0 saturated carbocycles. The molecule has 1 N–H and O–H groups in total. The minimum atomic E-state index is -0.182. The van der Waals surface area contributed by atoms with Gasteiger partial charge in [-0.05, 0) is 44.0 Å². The van der Waals surface area contributed by atoms with Crippen molar-refractivity contribution in [2.75, 3.05) is 30.9 Å². The number of hydrogen-bond donors (Lipinski definition) is 1. The maximum absolute atomic E-state index is 12.5. The summed E-state index contributed by atoms with van der Waals surface area (Å²) in [4.78, 5) is 35.4. The van der Waals surface area contributed by atoms with Crippen molar-refractivity contribution >= 4 is 34.3 Å². The van der Waals surface area contributed by atoms with Crippen molar-refractivity contribution in [3.8, 4) is 11.4 Å². The van der Waals surface area contributed by atoms with Crippen LogP contribution in [0.4, 0.5) is 11.5 Å². The monoisotopic (exact) mass is 434 g/mol. The molecule has 168 valence electrons. The fourth-order valence-electron chi connectivity index (χ4n) is 3.49. The summed E-state index contributed by atoms with van der Waals surface area (Å²) in [6.45, 7) is 2.20. The first-order chi connectivity index (χ1) is 15.5. The van der Waals surface area contributed by atoms with Gasteiger partial charge in [0.25, 0.3) is 0 Å². The van der Waals surface area contributed by atoms with Crippen LogP contribution in [0.15, 0.2) is 48.5 Å². The lowest BCUT2D eigenvalue weighted by Crippen LogP contribution is -2.14. The number of unbranched alkanes of at least 4 members (excludes halogenated alkanes) is 2. The van der Waals surface area contributed by atoms with Crippen molar-refractivity contribution in [1.29, 1.82) is 0 Å². The van der Waals surface area contributed by atoms with E-state index in [1.165, 1.54) is 0 Å². The molecular formula is C25H30N4O3. The maximum Gasteiger partial charge on any atom is 0.305 e. The molecule has 0 radical (unpaired) electrons.